The average Bonchev–Trinajstić information content (AvgIpc) is 2.72. The molecule has 0 aromatic carbocycles. The fourth-order valence-corrected chi connectivity index (χ4v) is 2.17. The first-order valence-electron chi connectivity index (χ1n) is 4.91. The predicted octanol–water partition coefficient (Wildman–Crippen LogP) is 1.80. The van der Waals surface area contributed by atoms with E-state index in [9.17, 15) is 4.79 Å². The SMILES string of the molecule is CCc1nnsc1C(=O)N(CC)CCCl. The minimum absolute atomic E-state index is 0.00926. The quantitative estimate of drug-likeness (QED) is 0.746. The highest BCUT2D eigenvalue weighted by Gasteiger charge is 2.19. The van der Waals surface area contributed by atoms with E-state index in [1.807, 2.05) is 13.8 Å². The van der Waals surface area contributed by atoms with Gasteiger partial charge < -0.3 is 4.90 Å². The maximum absolute atomic E-state index is 12.0. The molecule has 0 radical (unpaired) electrons. The second-order valence-corrected chi connectivity index (χ2v) is 4.11. The maximum Gasteiger partial charge on any atom is 0.267 e. The molecule has 6 heteroatoms. The number of amides is 1. The van der Waals surface area contributed by atoms with Crippen LogP contribution in [0.4, 0.5) is 0 Å². The van der Waals surface area contributed by atoms with Crippen LogP contribution in [0.1, 0.15) is 29.2 Å². The van der Waals surface area contributed by atoms with Gasteiger partial charge in [0.1, 0.15) is 4.88 Å². The van der Waals surface area contributed by atoms with Crippen molar-refractivity contribution in [2.75, 3.05) is 19.0 Å². The predicted molar refractivity (Wildman–Crippen MR) is 61.6 cm³/mol. The largest absolute Gasteiger partial charge is 0.337 e. The highest BCUT2D eigenvalue weighted by molar-refractivity contribution is 7.08. The summed E-state index contributed by atoms with van der Waals surface area (Å²) in [5.74, 6) is 0.442. The van der Waals surface area contributed by atoms with Crippen molar-refractivity contribution in [1.82, 2.24) is 14.5 Å². The molecular weight excluding hydrogens is 234 g/mol. The van der Waals surface area contributed by atoms with E-state index in [1.54, 1.807) is 4.90 Å². The molecule has 15 heavy (non-hydrogen) atoms. The number of halogens is 1. The first-order chi connectivity index (χ1) is 7.24. The van der Waals surface area contributed by atoms with E-state index in [1.165, 1.54) is 0 Å². The number of carbonyl (C=O) groups excluding carboxylic acids is 1. The van der Waals surface area contributed by atoms with Crippen LogP contribution in [-0.4, -0.2) is 39.4 Å². The molecule has 0 saturated heterocycles. The van der Waals surface area contributed by atoms with Gasteiger partial charge in [-0.2, -0.15) is 0 Å². The van der Waals surface area contributed by atoms with Crippen molar-refractivity contribution in [1.29, 1.82) is 0 Å². The minimum atomic E-state index is -0.00926. The third-order valence-corrected chi connectivity index (χ3v) is 3.03. The summed E-state index contributed by atoms with van der Waals surface area (Å²) in [5.41, 5.74) is 0.776. The smallest absolute Gasteiger partial charge is 0.267 e. The Labute approximate surface area is 98.4 Å². The Kier molecular flexibility index (Phi) is 4.98. The number of nitrogens with zero attached hydrogens (tertiary/aromatic N) is 3. The van der Waals surface area contributed by atoms with Crippen LogP contribution in [0.25, 0.3) is 0 Å². The molecule has 0 unspecified atom stereocenters. The van der Waals surface area contributed by atoms with Crippen LogP contribution in [-0.2, 0) is 6.42 Å². The van der Waals surface area contributed by atoms with E-state index in [4.69, 9.17) is 11.6 Å². The standard InChI is InChI=1S/C9H14ClN3OS/c1-3-7-8(15-12-11-7)9(14)13(4-2)6-5-10/h3-6H2,1-2H3. The second kappa shape index (κ2) is 6.02. The normalized spacial score (nSPS) is 10.3. The summed E-state index contributed by atoms with van der Waals surface area (Å²) in [4.78, 5) is 14.4. The Balaban J connectivity index is 2.82. The van der Waals surface area contributed by atoms with Gasteiger partial charge in [0.15, 0.2) is 0 Å². The number of aryl methyl sites for hydroxylation is 1. The Morgan fingerprint density at radius 3 is 2.80 bits per heavy atom. The van der Waals surface area contributed by atoms with Gasteiger partial charge in [0.2, 0.25) is 0 Å². The van der Waals surface area contributed by atoms with Crippen LogP contribution in [0.5, 0.6) is 0 Å². The molecule has 0 saturated carbocycles. The number of hydrogen-bond donors (Lipinski definition) is 0. The Morgan fingerprint density at radius 2 is 2.27 bits per heavy atom. The maximum atomic E-state index is 12.0. The molecule has 0 bridgehead atoms. The average molecular weight is 248 g/mol. The number of alkyl halides is 1. The van der Waals surface area contributed by atoms with Crippen molar-refractivity contribution < 1.29 is 4.79 Å². The molecule has 1 aromatic rings. The molecule has 1 aromatic heterocycles. The molecule has 0 aliphatic carbocycles. The zero-order valence-electron chi connectivity index (χ0n) is 8.86. The van der Waals surface area contributed by atoms with Gasteiger partial charge in [-0.15, -0.1) is 16.7 Å². The molecule has 0 spiro atoms. The van der Waals surface area contributed by atoms with Crippen molar-refractivity contribution in [2.45, 2.75) is 20.3 Å². The van der Waals surface area contributed by atoms with E-state index in [2.05, 4.69) is 9.59 Å². The number of aromatic nitrogens is 2. The third kappa shape index (κ3) is 2.89. The van der Waals surface area contributed by atoms with Gasteiger partial charge >= 0.3 is 0 Å². The van der Waals surface area contributed by atoms with Gasteiger partial charge in [0, 0.05) is 19.0 Å². The van der Waals surface area contributed by atoms with Gasteiger partial charge in [0.25, 0.3) is 5.91 Å². The van der Waals surface area contributed by atoms with E-state index in [0.29, 0.717) is 23.8 Å². The van der Waals surface area contributed by atoms with Gasteiger partial charge in [-0.3, -0.25) is 4.79 Å². The third-order valence-electron chi connectivity index (χ3n) is 2.11. The van der Waals surface area contributed by atoms with E-state index >= 15 is 0 Å². The number of hydrogen-bond acceptors (Lipinski definition) is 4. The summed E-state index contributed by atoms with van der Waals surface area (Å²) in [6.07, 6.45) is 0.732. The summed E-state index contributed by atoms with van der Waals surface area (Å²) in [6.45, 7) is 5.13. The number of rotatable bonds is 5. The molecule has 0 aliphatic rings. The molecule has 0 atom stereocenters. The van der Waals surface area contributed by atoms with Gasteiger partial charge in [-0.1, -0.05) is 11.4 Å². The first kappa shape index (κ1) is 12.4. The van der Waals surface area contributed by atoms with Crippen LogP contribution in [0.3, 0.4) is 0 Å². The topological polar surface area (TPSA) is 46.1 Å². The van der Waals surface area contributed by atoms with Crippen molar-refractivity contribution in [3.05, 3.63) is 10.6 Å². The fraction of sp³-hybridized carbons (Fsp3) is 0.667. The summed E-state index contributed by atoms with van der Waals surface area (Å²) < 4.78 is 3.80. The van der Waals surface area contributed by atoms with Gasteiger partial charge in [-0.05, 0) is 24.9 Å². The lowest BCUT2D eigenvalue weighted by molar-refractivity contribution is 0.0777. The molecule has 0 aliphatic heterocycles. The van der Waals surface area contributed by atoms with Gasteiger partial charge in [0.05, 0.1) is 5.69 Å². The Morgan fingerprint density at radius 1 is 1.53 bits per heavy atom. The highest BCUT2D eigenvalue weighted by Crippen LogP contribution is 2.14. The Hall–Kier alpha value is -0.680. The van der Waals surface area contributed by atoms with Crippen LogP contribution < -0.4 is 0 Å². The monoisotopic (exact) mass is 247 g/mol. The molecular formula is C9H14ClN3OS. The van der Waals surface area contributed by atoms with Crippen molar-refractivity contribution in [3.8, 4) is 0 Å². The van der Waals surface area contributed by atoms with E-state index < -0.39 is 0 Å². The van der Waals surface area contributed by atoms with Crippen LogP contribution in [0.2, 0.25) is 0 Å². The van der Waals surface area contributed by atoms with Gasteiger partial charge in [-0.25, -0.2) is 0 Å². The molecule has 0 N–H and O–H groups in total. The molecule has 4 nitrogen and oxygen atoms in total. The summed E-state index contributed by atoms with van der Waals surface area (Å²) in [6, 6.07) is 0. The lowest BCUT2D eigenvalue weighted by atomic mass is 10.2. The summed E-state index contributed by atoms with van der Waals surface area (Å²) in [5, 5.41) is 3.92. The van der Waals surface area contributed by atoms with Crippen LogP contribution in [0, 0.1) is 0 Å². The fourth-order valence-electron chi connectivity index (χ4n) is 1.25. The van der Waals surface area contributed by atoms with E-state index in [-0.39, 0.29) is 5.91 Å². The second-order valence-electron chi connectivity index (χ2n) is 2.98. The Bertz CT molecular complexity index is 329. The van der Waals surface area contributed by atoms with E-state index in [0.717, 1.165) is 23.6 Å². The lowest BCUT2D eigenvalue weighted by Gasteiger charge is -2.18. The zero-order valence-corrected chi connectivity index (χ0v) is 10.4. The van der Waals surface area contributed by atoms with Crippen LogP contribution >= 0.6 is 23.1 Å². The summed E-state index contributed by atoms with van der Waals surface area (Å²) >= 11 is 6.79. The van der Waals surface area contributed by atoms with Crippen LogP contribution in [0.15, 0.2) is 0 Å². The molecule has 1 heterocycles. The first-order valence-corrected chi connectivity index (χ1v) is 6.21. The number of carbonyl (C=O) groups is 1. The van der Waals surface area contributed by atoms with Crippen molar-refractivity contribution >= 4 is 29.0 Å². The minimum Gasteiger partial charge on any atom is -0.337 e. The molecule has 84 valence electrons. The zero-order chi connectivity index (χ0) is 11.3. The lowest BCUT2D eigenvalue weighted by Crippen LogP contribution is -2.32. The summed E-state index contributed by atoms with van der Waals surface area (Å²) in [7, 11) is 0. The van der Waals surface area contributed by atoms with Crippen molar-refractivity contribution in [2.24, 2.45) is 0 Å². The molecule has 1 amide bonds. The molecule has 0 fully saturated rings. The van der Waals surface area contributed by atoms with Crippen molar-refractivity contribution in [3.63, 3.8) is 0 Å². The highest BCUT2D eigenvalue weighted by atomic mass is 35.5. The molecule has 1 rings (SSSR count).